The molecule has 33 heavy (non-hydrogen) atoms. The number of nitroso groups, excluding NO2 is 1. The lowest BCUT2D eigenvalue weighted by Crippen LogP contribution is -2.30. The number of aldehydes is 1. The highest BCUT2D eigenvalue weighted by molar-refractivity contribution is 5.72. The van der Waals surface area contributed by atoms with Crippen LogP contribution in [-0.2, 0) is 23.9 Å². The van der Waals surface area contributed by atoms with Crippen molar-refractivity contribution in [1.82, 2.24) is 0 Å². The number of hydrogen-bond donors (Lipinski definition) is 0. The molecule has 0 bridgehead atoms. The molecule has 0 aliphatic carbocycles. The molecule has 0 saturated heterocycles. The summed E-state index contributed by atoms with van der Waals surface area (Å²) < 4.78 is 10.6. The van der Waals surface area contributed by atoms with Crippen LogP contribution in [0.5, 0.6) is 0 Å². The third kappa shape index (κ3) is 19.2. The number of unbranched alkanes of at least 4 members (excludes halogenated alkanes) is 8. The molecule has 0 amide bonds. The fraction of sp³-hybridized carbons (Fsp3) is 0.808. The van der Waals surface area contributed by atoms with E-state index in [-0.39, 0.29) is 18.8 Å². The van der Waals surface area contributed by atoms with Crippen molar-refractivity contribution in [3.8, 4) is 0 Å². The van der Waals surface area contributed by atoms with Gasteiger partial charge in [0.15, 0.2) is 0 Å². The molecule has 190 valence electrons. The van der Waals surface area contributed by atoms with Gasteiger partial charge in [0.2, 0.25) is 0 Å². The molecule has 0 spiro atoms. The summed E-state index contributed by atoms with van der Waals surface area (Å²) in [4.78, 5) is 45.6. The number of nitrogens with zero attached hydrogens (tertiary/aromatic N) is 1. The van der Waals surface area contributed by atoms with Crippen molar-refractivity contribution in [2.24, 2.45) is 5.18 Å². The Kier molecular flexibility index (Phi) is 21.7. The Morgan fingerprint density at radius 1 is 0.818 bits per heavy atom. The first-order valence-electron chi connectivity index (χ1n) is 12.8. The summed E-state index contributed by atoms with van der Waals surface area (Å²) in [5.41, 5.74) is 0. The predicted octanol–water partition coefficient (Wildman–Crippen LogP) is 6.61. The molecule has 7 heteroatoms. The first-order chi connectivity index (χ1) is 16.1. The fourth-order valence-electron chi connectivity index (χ4n) is 3.45. The van der Waals surface area contributed by atoms with E-state index in [9.17, 15) is 19.3 Å². The van der Waals surface area contributed by atoms with E-state index in [4.69, 9.17) is 9.47 Å². The van der Waals surface area contributed by atoms with Crippen molar-refractivity contribution in [2.45, 2.75) is 129 Å². The number of carbonyl (C=O) groups excluding carboxylic acids is 3. The summed E-state index contributed by atoms with van der Waals surface area (Å²) in [7, 11) is 0. The highest BCUT2D eigenvalue weighted by atomic mass is 16.5. The van der Waals surface area contributed by atoms with Crippen molar-refractivity contribution in [3.05, 3.63) is 17.1 Å². The van der Waals surface area contributed by atoms with Crippen LogP contribution in [0.2, 0.25) is 0 Å². The van der Waals surface area contributed by atoms with Crippen LogP contribution in [0.1, 0.15) is 117 Å². The quantitative estimate of drug-likeness (QED) is 0.0551. The van der Waals surface area contributed by atoms with Crippen molar-refractivity contribution in [3.63, 3.8) is 0 Å². The van der Waals surface area contributed by atoms with E-state index < -0.39 is 18.1 Å². The maximum atomic E-state index is 12.3. The largest absolute Gasteiger partial charge is 0.466 e. The molecule has 0 heterocycles. The lowest BCUT2D eigenvalue weighted by molar-refractivity contribution is -0.151. The van der Waals surface area contributed by atoms with Crippen LogP contribution in [-0.4, -0.2) is 37.0 Å². The van der Waals surface area contributed by atoms with Crippen LogP contribution >= 0.6 is 0 Å². The second-order valence-corrected chi connectivity index (χ2v) is 8.49. The van der Waals surface area contributed by atoms with Crippen LogP contribution < -0.4 is 0 Å². The zero-order valence-electron chi connectivity index (χ0n) is 20.8. The molecular formula is C26H45NO6. The third-order valence-corrected chi connectivity index (χ3v) is 5.41. The van der Waals surface area contributed by atoms with Gasteiger partial charge in [-0.3, -0.25) is 9.59 Å². The molecule has 0 N–H and O–H groups in total. The van der Waals surface area contributed by atoms with Gasteiger partial charge < -0.3 is 14.3 Å². The molecule has 2 unspecified atom stereocenters. The van der Waals surface area contributed by atoms with Crippen LogP contribution in [0, 0.1) is 4.91 Å². The van der Waals surface area contributed by atoms with E-state index in [0.717, 1.165) is 70.5 Å². The molecule has 0 aromatic heterocycles. The molecule has 2 atom stereocenters. The molecule has 0 radical (unpaired) electrons. The fourth-order valence-corrected chi connectivity index (χ4v) is 3.45. The minimum absolute atomic E-state index is 0.125. The molecule has 0 fully saturated rings. The normalized spacial score (nSPS) is 12.9. The topological polar surface area (TPSA) is 99.1 Å². The molecule has 0 rings (SSSR count). The lowest BCUT2D eigenvalue weighted by Gasteiger charge is -2.21. The van der Waals surface area contributed by atoms with Gasteiger partial charge in [-0.25, -0.2) is 0 Å². The van der Waals surface area contributed by atoms with E-state index in [1.807, 2.05) is 13.0 Å². The van der Waals surface area contributed by atoms with Gasteiger partial charge in [0.25, 0.3) is 0 Å². The Labute approximate surface area is 200 Å². The van der Waals surface area contributed by atoms with E-state index in [1.54, 1.807) is 0 Å². The van der Waals surface area contributed by atoms with Crippen LogP contribution in [0.25, 0.3) is 0 Å². The van der Waals surface area contributed by atoms with Crippen LogP contribution in [0.15, 0.2) is 17.3 Å². The monoisotopic (exact) mass is 467 g/mol. The Hall–Kier alpha value is -2.05. The predicted molar refractivity (Wildman–Crippen MR) is 131 cm³/mol. The Morgan fingerprint density at radius 2 is 1.52 bits per heavy atom. The van der Waals surface area contributed by atoms with Crippen molar-refractivity contribution in [2.75, 3.05) is 6.61 Å². The summed E-state index contributed by atoms with van der Waals surface area (Å²) in [6, 6.07) is -0.597. The van der Waals surface area contributed by atoms with Crippen molar-refractivity contribution < 1.29 is 23.9 Å². The lowest BCUT2D eigenvalue weighted by atomic mass is 10.0. The Morgan fingerprint density at radius 3 is 2.18 bits per heavy atom. The number of ether oxygens (including phenoxy) is 2. The third-order valence-electron chi connectivity index (χ3n) is 5.41. The maximum absolute atomic E-state index is 12.3. The van der Waals surface area contributed by atoms with Gasteiger partial charge in [0.1, 0.15) is 18.4 Å². The SMILES string of the molecule is CCCCCC(OC(=O)CCCC(=O)OCCC)C(C/C=C\CCCCCCCC=O)N=O. The molecular weight excluding hydrogens is 422 g/mol. The molecule has 0 saturated carbocycles. The smallest absolute Gasteiger partial charge is 0.306 e. The van der Waals surface area contributed by atoms with Crippen LogP contribution in [0.3, 0.4) is 0 Å². The first-order valence-corrected chi connectivity index (χ1v) is 12.8. The minimum atomic E-state index is -0.597. The second-order valence-electron chi connectivity index (χ2n) is 8.49. The maximum Gasteiger partial charge on any atom is 0.306 e. The van der Waals surface area contributed by atoms with Gasteiger partial charge in [-0.1, -0.05) is 63.3 Å². The van der Waals surface area contributed by atoms with Crippen LogP contribution in [0.4, 0.5) is 0 Å². The van der Waals surface area contributed by atoms with Gasteiger partial charge in [0, 0.05) is 19.3 Å². The second kappa shape index (κ2) is 23.1. The molecule has 0 aliphatic rings. The van der Waals surface area contributed by atoms with Gasteiger partial charge in [-0.2, -0.15) is 4.91 Å². The molecule has 7 nitrogen and oxygen atoms in total. The number of esters is 2. The number of carbonyl (C=O) groups is 3. The van der Waals surface area contributed by atoms with E-state index in [1.165, 1.54) is 0 Å². The van der Waals surface area contributed by atoms with Gasteiger partial charge in [-0.05, 0) is 51.4 Å². The number of allylic oxidation sites excluding steroid dienone is 1. The summed E-state index contributed by atoms with van der Waals surface area (Å²) in [5, 5.41) is 3.26. The molecule has 0 aromatic rings. The van der Waals surface area contributed by atoms with E-state index >= 15 is 0 Å². The highest BCUT2D eigenvalue weighted by Gasteiger charge is 2.25. The molecule has 0 aromatic carbocycles. The summed E-state index contributed by atoms with van der Waals surface area (Å²) in [5.74, 6) is -0.699. The summed E-state index contributed by atoms with van der Waals surface area (Å²) in [6.07, 6.45) is 16.9. The van der Waals surface area contributed by atoms with Crippen molar-refractivity contribution >= 4 is 18.2 Å². The number of hydrogen-bond acceptors (Lipinski definition) is 7. The Balaban J connectivity index is 4.42. The van der Waals surface area contributed by atoms with E-state index in [0.29, 0.717) is 32.3 Å². The van der Waals surface area contributed by atoms with Gasteiger partial charge >= 0.3 is 11.9 Å². The average Bonchev–Trinajstić information content (AvgIpc) is 2.81. The average molecular weight is 468 g/mol. The van der Waals surface area contributed by atoms with Gasteiger partial charge in [-0.15, -0.1) is 0 Å². The van der Waals surface area contributed by atoms with Crippen molar-refractivity contribution in [1.29, 1.82) is 0 Å². The zero-order chi connectivity index (χ0) is 24.6. The zero-order valence-corrected chi connectivity index (χ0v) is 20.8. The summed E-state index contributed by atoms with van der Waals surface area (Å²) in [6.45, 7) is 4.42. The first kappa shape index (κ1) is 30.9. The molecule has 0 aliphatic heterocycles. The summed E-state index contributed by atoms with van der Waals surface area (Å²) >= 11 is 0. The van der Waals surface area contributed by atoms with E-state index in [2.05, 4.69) is 18.2 Å². The standard InChI is InChI=1S/C26H45NO6/c1-3-5-13-18-24(33-26(30)20-16-19-25(29)32-22-4-2)23(27-31)17-14-11-9-7-6-8-10-12-15-21-28/h11,14,21,23-24H,3-10,12-13,15-20,22H2,1-2H3/b14-11-. The minimum Gasteiger partial charge on any atom is -0.466 e. The highest BCUT2D eigenvalue weighted by Crippen LogP contribution is 2.18. The Bertz CT molecular complexity index is 549. The van der Waals surface area contributed by atoms with Gasteiger partial charge in [0.05, 0.1) is 6.61 Å². The number of rotatable bonds is 23.